The highest BCUT2D eigenvalue weighted by molar-refractivity contribution is 7.89. The molecule has 0 spiro atoms. The van der Waals surface area contributed by atoms with Gasteiger partial charge in [0.05, 0.1) is 17.2 Å². The molecule has 0 aromatic heterocycles. The van der Waals surface area contributed by atoms with Gasteiger partial charge in [-0.25, -0.2) is 8.42 Å². The van der Waals surface area contributed by atoms with Crippen molar-refractivity contribution in [3.05, 3.63) is 54.6 Å². The van der Waals surface area contributed by atoms with Gasteiger partial charge in [-0.15, -0.1) is 0 Å². The smallest absolute Gasteiger partial charge is 0.245 e. The molecular weight excluding hydrogens is 352 g/mol. The average Bonchev–Trinajstić information content (AvgIpc) is 2.65. The molecule has 1 aliphatic heterocycles. The van der Waals surface area contributed by atoms with E-state index in [1.165, 1.54) is 4.31 Å². The molecule has 0 bridgehead atoms. The Morgan fingerprint density at radius 3 is 2.38 bits per heavy atom. The fourth-order valence-corrected chi connectivity index (χ4v) is 4.70. The first-order chi connectivity index (χ1) is 12.5. The molecule has 0 N–H and O–H groups in total. The van der Waals surface area contributed by atoms with E-state index in [0.29, 0.717) is 18.0 Å². The van der Waals surface area contributed by atoms with Crippen molar-refractivity contribution in [2.75, 3.05) is 24.6 Å². The molecule has 3 rings (SSSR count). The number of para-hydroxylation sites is 2. The molecule has 7 heteroatoms. The van der Waals surface area contributed by atoms with Crippen molar-refractivity contribution in [2.45, 2.75) is 24.8 Å². The predicted octanol–water partition coefficient (Wildman–Crippen LogP) is 2.51. The molecule has 138 valence electrons. The third kappa shape index (κ3) is 3.32. The first kappa shape index (κ1) is 18.4. The number of carbonyl (C=O) groups is 1. The van der Waals surface area contributed by atoms with E-state index < -0.39 is 16.1 Å². The topological polar surface area (TPSA) is 66.9 Å². The van der Waals surface area contributed by atoms with Crippen LogP contribution in [0.1, 0.15) is 13.8 Å². The molecule has 26 heavy (non-hydrogen) atoms. The van der Waals surface area contributed by atoms with Crippen LogP contribution in [-0.2, 0) is 14.8 Å². The normalized spacial score (nSPS) is 18.8. The molecule has 1 atom stereocenters. The lowest BCUT2D eigenvalue weighted by molar-refractivity contribution is -0.123. The molecular formula is C19H22N2O4S. The Kier molecular flexibility index (Phi) is 5.29. The highest BCUT2D eigenvalue weighted by Crippen LogP contribution is 2.31. The number of hydrogen-bond donors (Lipinski definition) is 0. The summed E-state index contributed by atoms with van der Waals surface area (Å²) in [7, 11) is -3.72. The summed E-state index contributed by atoms with van der Waals surface area (Å²) in [6.45, 7) is 4.50. The number of anilines is 1. The lowest BCUT2D eigenvalue weighted by atomic mass is 10.2. The van der Waals surface area contributed by atoms with Gasteiger partial charge in [0.25, 0.3) is 0 Å². The maximum absolute atomic E-state index is 12.9. The number of hydrogen-bond acceptors (Lipinski definition) is 4. The standard InChI is InChI=1S/C19H22N2O4S/c1-3-25-18-12-8-7-11-17(18)20-13-14-21(15(2)19(20)22)26(23,24)16-9-5-4-6-10-16/h4-12,15H,3,13-14H2,1-2H3. The number of rotatable bonds is 5. The van der Waals surface area contributed by atoms with Crippen LogP contribution in [-0.4, -0.2) is 44.4 Å². The minimum atomic E-state index is -3.72. The van der Waals surface area contributed by atoms with Crippen LogP contribution in [0.2, 0.25) is 0 Å². The number of nitrogens with zero attached hydrogens (tertiary/aromatic N) is 2. The summed E-state index contributed by atoms with van der Waals surface area (Å²) < 4.78 is 32.7. The quantitative estimate of drug-likeness (QED) is 0.807. The van der Waals surface area contributed by atoms with Gasteiger partial charge in [0.15, 0.2) is 0 Å². The summed E-state index contributed by atoms with van der Waals surface area (Å²) in [6.07, 6.45) is 0. The summed E-state index contributed by atoms with van der Waals surface area (Å²) in [4.78, 5) is 14.7. The molecule has 1 saturated heterocycles. The molecule has 1 amide bonds. The van der Waals surface area contributed by atoms with Crippen molar-refractivity contribution in [2.24, 2.45) is 0 Å². The van der Waals surface area contributed by atoms with E-state index in [2.05, 4.69) is 0 Å². The Labute approximate surface area is 154 Å². The highest BCUT2D eigenvalue weighted by Gasteiger charge is 2.40. The monoisotopic (exact) mass is 374 g/mol. The number of benzene rings is 2. The zero-order valence-corrected chi connectivity index (χ0v) is 15.6. The van der Waals surface area contributed by atoms with Gasteiger partial charge in [-0.3, -0.25) is 4.79 Å². The largest absolute Gasteiger partial charge is 0.492 e. The summed E-state index contributed by atoms with van der Waals surface area (Å²) in [6, 6.07) is 14.7. The molecule has 1 heterocycles. The summed E-state index contributed by atoms with van der Waals surface area (Å²) in [5, 5.41) is 0. The van der Waals surface area contributed by atoms with Crippen LogP contribution in [0.3, 0.4) is 0 Å². The van der Waals surface area contributed by atoms with Crippen molar-refractivity contribution >= 4 is 21.6 Å². The Morgan fingerprint density at radius 1 is 1.04 bits per heavy atom. The van der Waals surface area contributed by atoms with E-state index >= 15 is 0 Å². The minimum absolute atomic E-state index is 0.197. The predicted molar refractivity (Wildman–Crippen MR) is 99.8 cm³/mol. The van der Waals surface area contributed by atoms with E-state index in [0.717, 1.165) is 0 Å². The van der Waals surface area contributed by atoms with Crippen molar-refractivity contribution in [3.63, 3.8) is 0 Å². The Bertz CT molecular complexity index is 883. The minimum Gasteiger partial charge on any atom is -0.492 e. The molecule has 6 nitrogen and oxygen atoms in total. The van der Waals surface area contributed by atoms with Gasteiger partial charge in [0.2, 0.25) is 15.9 Å². The van der Waals surface area contributed by atoms with E-state index in [9.17, 15) is 13.2 Å². The number of carbonyl (C=O) groups excluding carboxylic acids is 1. The molecule has 1 aliphatic rings. The second-order valence-corrected chi connectivity index (χ2v) is 7.89. The molecule has 2 aromatic rings. The van der Waals surface area contributed by atoms with Crippen molar-refractivity contribution < 1.29 is 17.9 Å². The third-order valence-electron chi connectivity index (χ3n) is 4.41. The maximum Gasteiger partial charge on any atom is 0.245 e. The summed E-state index contributed by atoms with van der Waals surface area (Å²) >= 11 is 0. The number of ether oxygens (including phenoxy) is 1. The van der Waals surface area contributed by atoms with Gasteiger partial charge in [-0.05, 0) is 38.1 Å². The van der Waals surface area contributed by atoms with E-state index in [-0.39, 0.29) is 23.9 Å². The van der Waals surface area contributed by atoms with Gasteiger partial charge in [-0.1, -0.05) is 30.3 Å². The lowest BCUT2D eigenvalue weighted by Gasteiger charge is -2.38. The molecule has 0 saturated carbocycles. The second kappa shape index (κ2) is 7.47. The van der Waals surface area contributed by atoms with E-state index in [4.69, 9.17) is 4.74 Å². The first-order valence-corrected chi connectivity index (χ1v) is 10.0. The van der Waals surface area contributed by atoms with Crippen LogP contribution in [0.15, 0.2) is 59.5 Å². The lowest BCUT2D eigenvalue weighted by Crippen LogP contribution is -2.57. The average molecular weight is 374 g/mol. The molecule has 1 unspecified atom stereocenters. The van der Waals surface area contributed by atoms with E-state index in [1.807, 2.05) is 31.2 Å². The maximum atomic E-state index is 12.9. The van der Waals surface area contributed by atoms with Crippen LogP contribution < -0.4 is 9.64 Å². The number of sulfonamides is 1. The van der Waals surface area contributed by atoms with Gasteiger partial charge < -0.3 is 9.64 Å². The summed E-state index contributed by atoms with van der Waals surface area (Å²) in [5.74, 6) is 0.359. The molecule has 0 radical (unpaired) electrons. The van der Waals surface area contributed by atoms with Crippen molar-refractivity contribution in [1.29, 1.82) is 0 Å². The van der Waals surface area contributed by atoms with Crippen LogP contribution in [0.25, 0.3) is 0 Å². The Hall–Kier alpha value is -2.38. The van der Waals surface area contributed by atoms with Crippen LogP contribution >= 0.6 is 0 Å². The fourth-order valence-electron chi connectivity index (χ4n) is 3.10. The SMILES string of the molecule is CCOc1ccccc1N1CCN(S(=O)(=O)c2ccccc2)C(C)C1=O. The zero-order valence-electron chi connectivity index (χ0n) is 14.8. The second-order valence-electron chi connectivity index (χ2n) is 6.00. The van der Waals surface area contributed by atoms with Gasteiger partial charge in [0, 0.05) is 13.1 Å². The van der Waals surface area contributed by atoms with Gasteiger partial charge in [0.1, 0.15) is 11.8 Å². The van der Waals surface area contributed by atoms with Crippen LogP contribution in [0.4, 0.5) is 5.69 Å². The highest BCUT2D eigenvalue weighted by atomic mass is 32.2. The molecule has 2 aromatic carbocycles. The fraction of sp³-hybridized carbons (Fsp3) is 0.316. The molecule has 0 aliphatic carbocycles. The van der Waals surface area contributed by atoms with Crippen molar-refractivity contribution in [3.8, 4) is 5.75 Å². The Balaban J connectivity index is 1.88. The van der Waals surface area contributed by atoms with Gasteiger partial charge >= 0.3 is 0 Å². The van der Waals surface area contributed by atoms with Crippen LogP contribution in [0.5, 0.6) is 5.75 Å². The Morgan fingerprint density at radius 2 is 1.69 bits per heavy atom. The number of amides is 1. The number of piperazine rings is 1. The third-order valence-corrected chi connectivity index (χ3v) is 6.39. The zero-order chi connectivity index (χ0) is 18.7. The van der Waals surface area contributed by atoms with Crippen LogP contribution in [0, 0.1) is 0 Å². The first-order valence-electron chi connectivity index (χ1n) is 8.57. The van der Waals surface area contributed by atoms with E-state index in [1.54, 1.807) is 42.2 Å². The molecule has 1 fully saturated rings. The van der Waals surface area contributed by atoms with Gasteiger partial charge in [-0.2, -0.15) is 4.31 Å². The van der Waals surface area contributed by atoms with Crippen molar-refractivity contribution in [1.82, 2.24) is 4.31 Å². The summed E-state index contributed by atoms with van der Waals surface area (Å²) in [5.41, 5.74) is 0.669.